The molecule has 5 rings (SSSR count). The molecule has 0 bridgehead atoms. The second-order valence-corrected chi connectivity index (χ2v) is 8.99. The van der Waals surface area contributed by atoms with Gasteiger partial charge in [-0.25, -0.2) is 28.7 Å². The monoisotopic (exact) mass is 475 g/mol. The highest BCUT2D eigenvalue weighted by molar-refractivity contribution is 5.83. The maximum absolute atomic E-state index is 14.9. The summed E-state index contributed by atoms with van der Waals surface area (Å²) in [5.74, 6) is 0.241. The maximum Gasteiger partial charge on any atom is 0.229 e. The Morgan fingerprint density at radius 1 is 1.03 bits per heavy atom. The van der Waals surface area contributed by atoms with Crippen molar-refractivity contribution in [3.63, 3.8) is 0 Å². The maximum atomic E-state index is 14.9. The second kappa shape index (κ2) is 9.50. The summed E-state index contributed by atoms with van der Waals surface area (Å²) < 4.78 is 31.6. The zero-order chi connectivity index (χ0) is 24.5. The van der Waals surface area contributed by atoms with Gasteiger partial charge in [-0.15, -0.1) is 0 Å². The first kappa shape index (κ1) is 23.0. The van der Waals surface area contributed by atoms with E-state index in [-0.39, 0.29) is 23.2 Å². The van der Waals surface area contributed by atoms with Gasteiger partial charge < -0.3 is 15.2 Å². The smallest absolute Gasteiger partial charge is 0.229 e. The standard InChI is InChI=1S/C26H27F2N7/c1-15(2)35-16(3)32-25-20(27)11-19(12-22(25)35)24-21(28)14-31-26(34-24)33-23-5-4-18(13-30-23)10-17-6-8-29-9-7-17/h4-5,10-15,29H,6-9H2,1-3H3,(H,30,31,33,34). The zero-order valence-corrected chi connectivity index (χ0v) is 19.9. The summed E-state index contributed by atoms with van der Waals surface area (Å²) in [5.41, 5.74) is 3.60. The summed E-state index contributed by atoms with van der Waals surface area (Å²) in [6, 6.07) is 6.84. The summed E-state index contributed by atoms with van der Waals surface area (Å²) >= 11 is 0. The third kappa shape index (κ3) is 4.77. The van der Waals surface area contributed by atoms with Crippen molar-refractivity contribution in [2.24, 2.45) is 0 Å². The van der Waals surface area contributed by atoms with Crippen molar-refractivity contribution in [3.8, 4) is 11.3 Å². The van der Waals surface area contributed by atoms with E-state index >= 15 is 0 Å². The first-order chi connectivity index (χ1) is 16.9. The van der Waals surface area contributed by atoms with Gasteiger partial charge in [0.2, 0.25) is 5.95 Å². The van der Waals surface area contributed by atoms with Crippen molar-refractivity contribution in [2.45, 2.75) is 39.7 Å². The predicted molar refractivity (Wildman–Crippen MR) is 133 cm³/mol. The Hall–Kier alpha value is -3.72. The molecule has 7 nitrogen and oxygen atoms in total. The summed E-state index contributed by atoms with van der Waals surface area (Å²) in [4.78, 5) is 17.2. The Bertz CT molecular complexity index is 1400. The van der Waals surface area contributed by atoms with Crippen LogP contribution in [0.2, 0.25) is 0 Å². The van der Waals surface area contributed by atoms with Gasteiger partial charge in [0.05, 0.1) is 11.7 Å². The number of anilines is 2. The van der Waals surface area contributed by atoms with Crippen LogP contribution in [0.5, 0.6) is 0 Å². The molecule has 3 aromatic heterocycles. The molecule has 2 N–H and O–H groups in total. The van der Waals surface area contributed by atoms with E-state index in [0.29, 0.717) is 22.7 Å². The van der Waals surface area contributed by atoms with E-state index in [1.807, 2.05) is 37.5 Å². The number of aryl methyl sites for hydroxylation is 1. The molecule has 0 saturated carbocycles. The van der Waals surface area contributed by atoms with Crippen molar-refractivity contribution in [1.29, 1.82) is 0 Å². The number of halogens is 2. The summed E-state index contributed by atoms with van der Waals surface area (Å²) in [7, 11) is 0. The molecule has 4 heterocycles. The highest BCUT2D eigenvalue weighted by atomic mass is 19.1. The van der Waals surface area contributed by atoms with E-state index in [1.54, 1.807) is 12.3 Å². The second-order valence-electron chi connectivity index (χ2n) is 8.99. The normalized spacial score (nSPS) is 14.1. The molecule has 1 fully saturated rings. The van der Waals surface area contributed by atoms with Gasteiger partial charge in [0, 0.05) is 17.8 Å². The first-order valence-corrected chi connectivity index (χ1v) is 11.7. The van der Waals surface area contributed by atoms with E-state index in [1.165, 1.54) is 11.6 Å². The third-order valence-electron chi connectivity index (χ3n) is 6.10. The average molecular weight is 476 g/mol. The molecule has 1 aliphatic rings. The minimum absolute atomic E-state index is 0.00437. The molecule has 1 saturated heterocycles. The topological polar surface area (TPSA) is 80.6 Å². The van der Waals surface area contributed by atoms with Gasteiger partial charge in [-0.2, -0.15) is 0 Å². The molecule has 1 aliphatic heterocycles. The molecule has 4 aromatic rings. The lowest BCUT2D eigenvalue weighted by Gasteiger charge is -2.15. The number of aromatic nitrogens is 5. The minimum Gasteiger partial charge on any atom is -0.326 e. The molecular weight excluding hydrogens is 448 g/mol. The lowest BCUT2D eigenvalue weighted by molar-refractivity contribution is 0.600. The van der Waals surface area contributed by atoms with E-state index in [9.17, 15) is 8.78 Å². The van der Waals surface area contributed by atoms with Crippen LogP contribution in [0.15, 0.2) is 42.2 Å². The number of piperidine rings is 1. The van der Waals surface area contributed by atoms with Crippen LogP contribution in [-0.2, 0) is 0 Å². The number of pyridine rings is 1. The number of benzene rings is 1. The van der Waals surface area contributed by atoms with Gasteiger partial charge in [-0.1, -0.05) is 11.6 Å². The number of hydrogen-bond donors (Lipinski definition) is 2. The molecule has 1 aromatic carbocycles. The van der Waals surface area contributed by atoms with Crippen LogP contribution in [0, 0.1) is 18.6 Å². The molecule has 0 aliphatic carbocycles. The van der Waals surface area contributed by atoms with Crippen molar-refractivity contribution < 1.29 is 8.78 Å². The van der Waals surface area contributed by atoms with Gasteiger partial charge in [-0.05, 0) is 76.5 Å². The van der Waals surface area contributed by atoms with E-state index in [4.69, 9.17) is 0 Å². The summed E-state index contributed by atoms with van der Waals surface area (Å²) in [6.07, 6.45) is 7.10. The molecule has 0 atom stereocenters. The van der Waals surface area contributed by atoms with Crippen molar-refractivity contribution in [1.82, 2.24) is 29.8 Å². The lowest BCUT2D eigenvalue weighted by Crippen LogP contribution is -2.22. The van der Waals surface area contributed by atoms with Crippen molar-refractivity contribution in [3.05, 3.63) is 65.3 Å². The molecular formula is C26H27F2N7. The quantitative estimate of drug-likeness (QED) is 0.393. The van der Waals surface area contributed by atoms with E-state index in [2.05, 4.69) is 36.6 Å². The van der Waals surface area contributed by atoms with Crippen LogP contribution in [0.4, 0.5) is 20.5 Å². The molecule has 0 unspecified atom stereocenters. The van der Waals surface area contributed by atoms with Gasteiger partial charge in [0.1, 0.15) is 22.9 Å². The first-order valence-electron chi connectivity index (χ1n) is 11.7. The number of nitrogens with one attached hydrogen (secondary N) is 2. The highest BCUT2D eigenvalue weighted by Gasteiger charge is 2.18. The number of rotatable bonds is 5. The van der Waals surface area contributed by atoms with Crippen molar-refractivity contribution in [2.75, 3.05) is 18.4 Å². The van der Waals surface area contributed by atoms with Gasteiger partial charge in [0.25, 0.3) is 0 Å². The Labute approximate surface area is 202 Å². The third-order valence-corrected chi connectivity index (χ3v) is 6.10. The van der Waals surface area contributed by atoms with Gasteiger partial charge in [-0.3, -0.25) is 0 Å². The zero-order valence-electron chi connectivity index (χ0n) is 19.9. The molecule has 180 valence electrons. The predicted octanol–water partition coefficient (Wildman–Crippen LogP) is 5.57. The van der Waals surface area contributed by atoms with Crippen LogP contribution in [-0.4, -0.2) is 37.6 Å². The minimum atomic E-state index is -0.640. The average Bonchev–Trinajstić information content (AvgIpc) is 3.19. The summed E-state index contributed by atoms with van der Waals surface area (Å²) in [6.45, 7) is 7.81. The Morgan fingerprint density at radius 3 is 2.54 bits per heavy atom. The number of hydrogen-bond acceptors (Lipinski definition) is 6. The number of imidazole rings is 1. The van der Waals surface area contributed by atoms with Crippen LogP contribution >= 0.6 is 0 Å². The molecule has 35 heavy (non-hydrogen) atoms. The summed E-state index contributed by atoms with van der Waals surface area (Å²) in [5, 5.41) is 6.36. The largest absolute Gasteiger partial charge is 0.326 e. The molecule has 0 radical (unpaired) electrons. The van der Waals surface area contributed by atoms with Crippen LogP contribution in [0.25, 0.3) is 28.4 Å². The Morgan fingerprint density at radius 2 is 1.83 bits per heavy atom. The van der Waals surface area contributed by atoms with Crippen molar-refractivity contribution >= 4 is 28.9 Å². The van der Waals surface area contributed by atoms with Gasteiger partial charge in [0.15, 0.2) is 11.6 Å². The number of nitrogens with zero attached hydrogens (tertiary/aromatic N) is 5. The van der Waals surface area contributed by atoms with Crippen LogP contribution in [0.1, 0.15) is 44.1 Å². The fourth-order valence-corrected chi connectivity index (χ4v) is 4.49. The van der Waals surface area contributed by atoms with Gasteiger partial charge >= 0.3 is 0 Å². The lowest BCUT2D eigenvalue weighted by atomic mass is 10.0. The van der Waals surface area contributed by atoms with E-state index < -0.39 is 11.6 Å². The fourth-order valence-electron chi connectivity index (χ4n) is 4.49. The Balaban J connectivity index is 1.43. The highest BCUT2D eigenvalue weighted by Crippen LogP contribution is 2.30. The molecule has 0 spiro atoms. The fraction of sp³-hybridized carbons (Fsp3) is 0.308. The van der Waals surface area contributed by atoms with Crippen LogP contribution < -0.4 is 10.6 Å². The molecule has 9 heteroatoms. The number of fused-ring (bicyclic) bond motifs is 1. The Kier molecular flexibility index (Phi) is 6.25. The van der Waals surface area contributed by atoms with Crippen LogP contribution in [0.3, 0.4) is 0 Å². The SMILES string of the molecule is Cc1nc2c(F)cc(-c3nc(Nc4ccc(C=C5CCNCC5)cn4)ncc3F)cc2n1C(C)C. The molecule has 0 amide bonds. The van der Waals surface area contributed by atoms with E-state index in [0.717, 1.165) is 37.7 Å².